The fourth-order valence-electron chi connectivity index (χ4n) is 1.45. The molecule has 1 aromatic rings. The Bertz CT molecular complexity index is 336. The molecule has 0 radical (unpaired) electrons. The molecule has 96 valence electrons. The standard InChI is InChI=1S/C13H21BrN2O/c1-10(2)6-7-13(3,17)9-16-12-5-4-11(14)8-15-12/h4-5,8,10,17H,6-7,9H2,1-3H3,(H,15,16). The number of rotatable bonds is 6. The highest BCUT2D eigenvalue weighted by atomic mass is 79.9. The summed E-state index contributed by atoms with van der Waals surface area (Å²) >= 11 is 3.34. The average molecular weight is 301 g/mol. The van der Waals surface area contributed by atoms with Crippen LogP contribution in [-0.4, -0.2) is 22.2 Å². The van der Waals surface area contributed by atoms with E-state index in [1.807, 2.05) is 19.1 Å². The zero-order valence-electron chi connectivity index (χ0n) is 10.7. The molecule has 1 atom stereocenters. The van der Waals surface area contributed by atoms with Crippen molar-refractivity contribution >= 4 is 21.7 Å². The summed E-state index contributed by atoms with van der Waals surface area (Å²) in [6.07, 6.45) is 3.57. The highest BCUT2D eigenvalue weighted by Crippen LogP contribution is 2.17. The Morgan fingerprint density at radius 2 is 2.18 bits per heavy atom. The van der Waals surface area contributed by atoms with Gasteiger partial charge in [0, 0.05) is 17.2 Å². The topological polar surface area (TPSA) is 45.1 Å². The maximum absolute atomic E-state index is 10.2. The summed E-state index contributed by atoms with van der Waals surface area (Å²) in [5, 5.41) is 13.3. The monoisotopic (exact) mass is 300 g/mol. The normalized spacial score (nSPS) is 14.7. The van der Waals surface area contributed by atoms with Crippen LogP contribution in [0.1, 0.15) is 33.6 Å². The van der Waals surface area contributed by atoms with E-state index in [0.29, 0.717) is 12.5 Å². The third-order valence-electron chi connectivity index (χ3n) is 2.64. The Morgan fingerprint density at radius 3 is 2.71 bits per heavy atom. The molecule has 0 aromatic carbocycles. The van der Waals surface area contributed by atoms with E-state index < -0.39 is 5.60 Å². The molecular formula is C13H21BrN2O. The van der Waals surface area contributed by atoms with Crippen molar-refractivity contribution in [3.63, 3.8) is 0 Å². The lowest BCUT2D eigenvalue weighted by Gasteiger charge is -2.24. The fraction of sp³-hybridized carbons (Fsp3) is 0.615. The molecule has 0 aliphatic heterocycles. The number of aromatic nitrogens is 1. The third kappa shape index (κ3) is 6.03. The first-order valence-electron chi connectivity index (χ1n) is 5.97. The fourth-order valence-corrected chi connectivity index (χ4v) is 1.68. The van der Waals surface area contributed by atoms with E-state index in [9.17, 15) is 5.11 Å². The number of aliphatic hydroxyl groups is 1. The number of hydrogen-bond acceptors (Lipinski definition) is 3. The summed E-state index contributed by atoms with van der Waals surface area (Å²) in [6, 6.07) is 3.82. The summed E-state index contributed by atoms with van der Waals surface area (Å²) < 4.78 is 0.953. The van der Waals surface area contributed by atoms with Crippen molar-refractivity contribution in [2.45, 2.75) is 39.2 Å². The molecule has 1 aromatic heterocycles. The van der Waals surface area contributed by atoms with Crippen molar-refractivity contribution in [3.05, 3.63) is 22.8 Å². The molecule has 0 bridgehead atoms. The van der Waals surface area contributed by atoms with Crippen LogP contribution in [0.3, 0.4) is 0 Å². The van der Waals surface area contributed by atoms with Crippen LogP contribution in [0.2, 0.25) is 0 Å². The largest absolute Gasteiger partial charge is 0.388 e. The molecule has 3 nitrogen and oxygen atoms in total. The van der Waals surface area contributed by atoms with Gasteiger partial charge in [0.2, 0.25) is 0 Å². The summed E-state index contributed by atoms with van der Waals surface area (Å²) in [5.74, 6) is 1.41. The van der Waals surface area contributed by atoms with E-state index in [2.05, 4.69) is 40.1 Å². The van der Waals surface area contributed by atoms with Gasteiger partial charge in [-0.3, -0.25) is 0 Å². The Balaban J connectivity index is 2.40. The van der Waals surface area contributed by atoms with Crippen LogP contribution >= 0.6 is 15.9 Å². The predicted octanol–water partition coefficient (Wildman–Crippen LogP) is 3.44. The number of pyridine rings is 1. The first-order valence-corrected chi connectivity index (χ1v) is 6.76. The molecule has 0 fully saturated rings. The SMILES string of the molecule is CC(C)CCC(C)(O)CNc1ccc(Br)cn1. The molecular weight excluding hydrogens is 280 g/mol. The van der Waals surface area contributed by atoms with Gasteiger partial charge in [0.1, 0.15) is 5.82 Å². The van der Waals surface area contributed by atoms with Crippen LogP contribution in [0, 0.1) is 5.92 Å². The van der Waals surface area contributed by atoms with Gasteiger partial charge in [0.25, 0.3) is 0 Å². The van der Waals surface area contributed by atoms with Gasteiger partial charge in [0.05, 0.1) is 5.60 Å². The summed E-state index contributed by atoms with van der Waals surface area (Å²) in [4.78, 5) is 4.21. The smallest absolute Gasteiger partial charge is 0.126 e. The van der Waals surface area contributed by atoms with Crippen LogP contribution in [0.25, 0.3) is 0 Å². The zero-order chi connectivity index (χ0) is 12.9. The van der Waals surface area contributed by atoms with E-state index in [4.69, 9.17) is 0 Å². The maximum Gasteiger partial charge on any atom is 0.126 e. The van der Waals surface area contributed by atoms with Gasteiger partial charge in [-0.15, -0.1) is 0 Å². The minimum Gasteiger partial charge on any atom is -0.388 e. The summed E-state index contributed by atoms with van der Waals surface area (Å²) in [6.45, 7) is 6.72. The molecule has 0 aliphatic rings. The number of nitrogens with one attached hydrogen (secondary N) is 1. The molecule has 1 rings (SSSR count). The highest BCUT2D eigenvalue weighted by Gasteiger charge is 2.20. The number of halogens is 1. The Labute approximate surface area is 112 Å². The molecule has 0 saturated heterocycles. The molecule has 0 amide bonds. The molecule has 0 saturated carbocycles. The number of anilines is 1. The third-order valence-corrected chi connectivity index (χ3v) is 3.11. The van der Waals surface area contributed by atoms with Crippen LogP contribution in [0.5, 0.6) is 0 Å². The van der Waals surface area contributed by atoms with Gasteiger partial charge in [-0.05, 0) is 53.7 Å². The Hall–Kier alpha value is -0.610. The second-order valence-corrected chi connectivity index (χ2v) is 6.06. The number of nitrogens with zero attached hydrogens (tertiary/aromatic N) is 1. The Kier molecular flexibility index (Phi) is 5.40. The van der Waals surface area contributed by atoms with E-state index in [1.165, 1.54) is 0 Å². The minimum atomic E-state index is -0.682. The van der Waals surface area contributed by atoms with Crippen LogP contribution in [0.15, 0.2) is 22.8 Å². The van der Waals surface area contributed by atoms with Crippen LogP contribution < -0.4 is 5.32 Å². The average Bonchev–Trinajstić information content (AvgIpc) is 2.26. The van der Waals surface area contributed by atoms with Crippen molar-refractivity contribution in [3.8, 4) is 0 Å². The molecule has 1 heterocycles. The van der Waals surface area contributed by atoms with Gasteiger partial charge in [-0.1, -0.05) is 13.8 Å². The van der Waals surface area contributed by atoms with Crippen molar-refractivity contribution in [2.24, 2.45) is 5.92 Å². The second kappa shape index (κ2) is 6.36. The summed E-state index contributed by atoms with van der Waals surface area (Å²) in [5.41, 5.74) is -0.682. The molecule has 2 N–H and O–H groups in total. The van der Waals surface area contributed by atoms with Gasteiger partial charge < -0.3 is 10.4 Å². The van der Waals surface area contributed by atoms with E-state index >= 15 is 0 Å². The Morgan fingerprint density at radius 1 is 1.47 bits per heavy atom. The predicted molar refractivity (Wildman–Crippen MR) is 75.1 cm³/mol. The molecule has 1 unspecified atom stereocenters. The first-order chi connectivity index (χ1) is 7.89. The lowest BCUT2D eigenvalue weighted by Crippen LogP contribution is -2.33. The molecule has 0 spiro atoms. The lowest BCUT2D eigenvalue weighted by atomic mass is 9.95. The van der Waals surface area contributed by atoms with Gasteiger partial charge in [-0.25, -0.2) is 4.98 Å². The second-order valence-electron chi connectivity index (χ2n) is 5.14. The highest BCUT2D eigenvalue weighted by molar-refractivity contribution is 9.10. The van der Waals surface area contributed by atoms with E-state index in [1.54, 1.807) is 6.20 Å². The maximum atomic E-state index is 10.2. The van der Waals surface area contributed by atoms with E-state index in [-0.39, 0.29) is 0 Å². The van der Waals surface area contributed by atoms with Crippen LogP contribution in [0.4, 0.5) is 5.82 Å². The van der Waals surface area contributed by atoms with E-state index in [0.717, 1.165) is 23.1 Å². The minimum absolute atomic E-state index is 0.522. The van der Waals surface area contributed by atoms with Crippen molar-refractivity contribution in [1.82, 2.24) is 4.98 Å². The molecule has 4 heteroatoms. The van der Waals surface area contributed by atoms with Crippen molar-refractivity contribution < 1.29 is 5.11 Å². The lowest BCUT2D eigenvalue weighted by molar-refractivity contribution is 0.0585. The molecule has 17 heavy (non-hydrogen) atoms. The van der Waals surface area contributed by atoms with Crippen molar-refractivity contribution in [2.75, 3.05) is 11.9 Å². The van der Waals surface area contributed by atoms with Gasteiger partial charge in [0.15, 0.2) is 0 Å². The van der Waals surface area contributed by atoms with Crippen molar-refractivity contribution in [1.29, 1.82) is 0 Å². The molecule has 0 aliphatic carbocycles. The van der Waals surface area contributed by atoms with Crippen LogP contribution in [-0.2, 0) is 0 Å². The van der Waals surface area contributed by atoms with Gasteiger partial charge in [-0.2, -0.15) is 0 Å². The number of hydrogen-bond donors (Lipinski definition) is 2. The van der Waals surface area contributed by atoms with Gasteiger partial charge >= 0.3 is 0 Å². The quantitative estimate of drug-likeness (QED) is 0.846. The summed E-state index contributed by atoms with van der Waals surface area (Å²) in [7, 11) is 0. The first kappa shape index (κ1) is 14.5. The zero-order valence-corrected chi connectivity index (χ0v) is 12.3.